The Kier molecular flexibility index (Phi) is 3.18. The third-order valence-corrected chi connectivity index (χ3v) is 3.43. The van der Waals surface area contributed by atoms with Gasteiger partial charge in [0.2, 0.25) is 0 Å². The molecule has 0 radical (unpaired) electrons. The lowest BCUT2D eigenvalue weighted by Gasteiger charge is -2.25. The molecule has 1 unspecified atom stereocenters. The fourth-order valence-corrected chi connectivity index (χ4v) is 2.48. The Labute approximate surface area is 94.3 Å². The first-order valence-electron chi connectivity index (χ1n) is 4.94. The normalized spacial score (nSPS) is 19.6. The van der Waals surface area contributed by atoms with Crippen LogP contribution in [0.25, 0.3) is 0 Å². The van der Waals surface area contributed by atoms with Crippen LogP contribution < -0.4 is 16.0 Å². The average molecular weight is 221 g/mol. The summed E-state index contributed by atoms with van der Waals surface area (Å²) in [6, 6.07) is 8.24. The van der Waals surface area contributed by atoms with Gasteiger partial charge in [0.25, 0.3) is 0 Å². The van der Waals surface area contributed by atoms with Crippen LogP contribution in [-0.4, -0.2) is 19.0 Å². The predicted molar refractivity (Wildman–Crippen MR) is 68.0 cm³/mol. The molecule has 3 nitrogen and oxygen atoms in total. The number of nitrogens with two attached hydrogens (primary N) is 1. The van der Waals surface area contributed by atoms with Crippen LogP contribution in [0.2, 0.25) is 0 Å². The molecule has 4 heteroatoms. The summed E-state index contributed by atoms with van der Waals surface area (Å²) in [6.45, 7) is 0.649. The minimum absolute atomic E-state index is 0.319. The highest BCUT2D eigenvalue weighted by Gasteiger charge is 2.21. The monoisotopic (exact) mass is 221 g/mol. The molecular weight excluding hydrogens is 206 g/mol. The molecule has 2 rings (SSSR count). The third-order valence-electron chi connectivity index (χ3n) is 2.42. The molecule has 0 spiro atoms. The summed E-state index contributed by atoms with van der Waals surface area (Å²) in [6.07, 6.45) is 2.08. The fraction of sp³-hybridized carbons (Fsp3) is 0.273. The van der Waals surface area contributed by atoms with Gasteiger partial charge in [0.15, 0.2) is 0 Å². The standard InChI is InChI=1S/C11H15N3S/c1-13-9-4-2-3-5-10(9)14-6-7-15-11(14)8-12/h2-7,11,13H,8,12H2,1H3. The van der Waals surface area contributed by atoms with Crippen LogP contribution in [0, 0.1) is 0 Å². The number of thioether (sulfide) groups is 1. The molecular formula is C11H15N3S. The van der Waals surface area contributed by atoms with Crippen molar-refractivity contribution in [3.8, 4) is 0 Å². The Morgan fingerprint density at radius 2 is 2.27 bits per heavy atom. The molecule has 80 valence electrons. The quantitative estimate of drug-likeness (QED) is 0.819. The minimum Gasteiger partial charge on any atom is -0.386 e. The maximum absolute atomic E-state index is 5.73. The van der Waals surface area contributed by atoms with Crippen LogP contribution >= 0.6 is 11.8 Å². The van der Waals surface area contributed by atoms with Crippen molar-refractivity contribution >= 4 is 23.1 Å². The van der Waals surface area contributed by atoms with Gasteiger partial charge >= 0.3 is 0 Å². The first-order chi connectivity index (χ1) is 7.36. The number of nitrogens with zero attached hydrogens (tertiary/aromatic N) is 1. The van der Waals surface area contributed by atoms with E-state index in [1.165, 1.54) is 5.69 Å². The number of rotatable bonds is 3. The number of anilines is 2. The van der Waals surface area contributed by atoms with Crippen LogP contribution in [0.5, 0.6) is 0 Å². The first kappa shape index (κ1) is 10.4. The van der Waals surface area contributed by atoms with E-state index in [2.05, 4.69) is 34.0 Å². The molecule has 0 bridgehead atoms. The second kappa shape index (κ2) is 4.59. The van der Waals surface area contributed by atoms with Gasteiger partial charge in [0, 0.05) is 19.8 Å². The van der Waals surface area contributed by atoms with Gasteiger partial charge in [-0.25, -0.2) is 0 Å². The molecule has 1 heterocycles. The zero-order valence-corrected chi connectivity index (χ0v) is 9.50. The number of nitrogens with one attached hydrogen (secondary N) is 1. The molecule has 0 saturated heterocycles. The fourth-order valence-electron chi connectivity index (χ4n) is 1.67. The van der Waals surface area contributed by atoms with Gasteiger partial charge in [0.05, 0.1) is 16.7 Å². The highest BCUT2D eigenvalue weighted by atomic mass is 32.2. The third kappa shape index (κ3) is 1.96. The smallest absolute Gasteiger partial charge is 0.0957 e. The second-order valence-electron chi connectivity index (χ2n) is 3.29. The van der Waals surface area contributed by atoms with E-state index in [0.717, 1.165) is 5.69 Å². The maximum atomic E-state index is 5.73. The Bertz CT molecular complexity index is 365. The molecule has 1 atom stereocenters. The van der Waals surface area contributed by atoms with Crippen molar-refractivity contribution in [1.29, 1.82) is 0 Å². The number of hydrogen-bond donors (Lipinski definition) is 2. The first-order valence-corrected chi connectivity index (χ1v) is 5.88. The lowest BCUT2D eigenvalue weighted by molar-refractivity contribution is 0.873. The van der Waals surface area contributed by atoms with Crippen LogP contribution in [0.3, 0.4) is 0 Å². The summed E-state index contributed by atoms with van der Waals surface area (Å²) in [5.41, 5.74) is 8.04. The summed E-state index contributed by atoms with van der Waals surface area (Å²) in [7, 11) is 1.93. The summed E-state index contributed by atoms with van der Waals surface area (Å²) < 4.78 is 0. The van der Waals surface area contributed by atoms with Gasteiger partial charge in [-0.1, -0.05) is 12.1 Å². The molecule has 1 aromatic rings. The van der Waals surface area contributed by atoms with E-state index in [1.54, 1.807) is 11.8 Å². The summed E-state index contributed by atoms with van der Waals surface area (Å²) in [4.78, 5) is 2.20. The minimum atomic E-state index is 0.319. The molecule has 1 aliphatic heterocycles. The van der Waals surface area contributed by atoms with Gasteiger partial charge in [-0.3, -0.25) is 0 Å². The Morgan fingerprint density at radius 3 is 3.00 bits per heavy atom. The predicted octanol–water partition coefficient (Wildman–Crippen LogP) is 2.04. The maximum Gasteiger partial charge on any atom is 0.0957 e. The van der Waals surface area contributed by atoms with E-state index in [9.17, 15) is 0 Å². The van der Waals surface area contributed by atoms with Crippen molar-refractivity contribution in [3.63, 3.8) is 0 Å². The van der Waals surface area contributed by atoms with E-state index in [0.29, 0.717) is 11.9 Å². The summed E-state index contributed by atoms with van der Waals surface area (Å²) >= 11 is 1.76. The molecule has 0 amide bonds. The largest absolute Gasteiger partial charge is 0.386 e. The molecule has 0 fully saturated rings. The molecule has 15 heavy (non-hydrogen) atoms. The number of para-hydroxylation sites is 2. The Balaban J connectivity index is 2.31. The van der Waals surface area contributed by atoms with Crippen LogP contribution in [0.1, 0.15) is 0 Å². The molecule has 0 saturated carbocycles. The van der Waals surface area contributed by atoms with Crippen molar-refractivity contribution in [1.82, 2.24) is 0 Å². The van der Waals surface area contributed by atoms with Gasteiger partial charge in [-0.2, -0.15) is 0 Å². The molecule has 0 aromatic heterocycles. The lowest BCUT2D eigenvalue weighted by atomic mass is 10.2. The molecule has 0 aliphatic carbocycles. The highest BCUT2D eigenvalue weighted by Crippen LogP contribution is 2.34. The SMILES string of the molecule is CNc1ccccc1N1C=CSC1CN. The number of hydrogen-bond acceptors (Lipinski definition) is 4. The molecule has 3 N–H and O–H groups in total. The van der Waals surface area contributed by atoms with Crippen molar-refractivity contribution < 1.29 is 0 Å². The molecule has 1 aliphatic rings. The van der Waals surface area contributed by atoms with Gasteiger partial charge in [-0.05, 0) is 17.5 Å². The van der Waals surface area contributed by atoms with Gasteiger partial charge in [-0.15, -0.1) is 11.8 Å². The van der Waals surface area contributed by atoms with Gasteiger partial charge in [0.1, 0.15) is 0 Å². The van der Waals surface area contributed by atoms with Crippen molar-refractivity contribution in [2.24, 2.45) is 5.73 Å². The van der Waals surface area contributed by atoms with E-state index < -0.39 is 0 Å². The Hall–Kier alpha value is -1.13. The van der Waals surface area contributed by atoms with E-state index in [1.807, 2.05) is 19.2 Å². The van der Waals surface area contributed by atoms with Crippen LogP contribution in [0.15, 0.2) is 35.9 Å². The zero-order chi connectivity index (χ0) is 10.7. The van der Waals surface area contributed by atoms with Crippen molar-refractivity contribution in [2.45, 2.75) is 5.37 Å². The average Bonchev–Trinajstić information content (AvgIpc) is 2.76. The lowest BCUT2D eigenvalue weighted by Crippen LogP contribution is -2.31. The Morgan fingerprint density at radius 1 is 1.47 bits per heavy atom. The summed E-state index contributed by atoms with van der Waals surface area (Å²) in [5.74, 6) is 0. The highest BCUT2D eigenvalue weighted by molar-refractivity contribution is 8.03. The topological polar surface area (TPSA) is 41.3 Å². The van der Waals surface area contributed by atoms with E-state index >= 15 is 0 Å². The van der Waals surface area contributed by atoms with Crippen LogP contribution in [0.4, 0.5) is 11.4 Å². The second-order valence-corrected chi connectivity index (χ2v) is 4.37. The van der Waals surface area contributed by atoms with E-state index in [4.69, 9.17) is 5.73 Å². The molecule has 1 aromatic carbocycles. The van der Waals surface area contributed by atoms with Crippen LogP contribution in [-0.2, 0) is 0 Å². The van der Waals surface area contributed by atoms with Crippen molar-refractivity contribution in [2.75, 3.05) is 23.8 Å². The van der Waals surface area contributed by atoms with E-state index in [-0.39, 0.29) is 0 Å². The van der Waals surface area contributed by atoms with Gasteiger partial charge < -0.3 is 16.0 Å². The zero-order valence-electron chi connectivity index (χ0n) is 8.68. The summed E-state index contributed by atoms with van der Waals surface area (Å²) in [5, 5.41) is 5.60. The number of benzene rings is 1. The van der Waals surface area contributed by atoms with Crippen molar-refractivity contribution in [3.05, 3.63) is 35.9 Å².